The second-order valence-corrected chi connectivity index (χ2v) is 7.43. The first-order chi connectivity index (χ1) is 13.4. The quantitative estimate of drug-likeness (QED) is 0.809. The van der Waals surface area contributed by atoms with Crippen molar-refractivity contribution >= 4 is 22.9 Å². The van der Waals surface area contributed by atoms with E-state index < -0.39 is 0 Å². The van der Waals surface area contributed by atoms with E-state index in [1.165, 1.54) is 0 Å². The molecular formula is C21H27N3O4. The molecule has 0 bridgehead atoms. The van der Waals surface area contributed by atoms with Crippen LogP contribution in [0.3, 0.4) is 0 Å². The van der Waals surface area contributed by atoms with E-state index in [1.807, 2.05) is 45.0 Å². The van der Waals surface area contributed by atoms with Gasteiger partial charge in [0.05, 0.1) is 30.5 Å². The van der Waals surface area contributed by atoms with Crippen LogP contribution in [0.25, 0.3) is 10.9 Å². The molecule has 150 valence electrons. The van der Waals surface area contributed by atoms with Crippen LogP contribution in [0.5, 0.6) is 5.75 Å². The van der Waals surface area contributed by atoms with E-state index in [2.05, 4.69) is 4.98 Å². The molecule has 2 aromatic rings. The minimum atomic E-state index is -0.307. The summed E-state index contributed by atoms with van der Waals surface area (Å²) in [4.78, 5) is 33.1. The Morgan fingerprint density at radius 1 is 1.11 bits per heavy atom. The Hall–Kier alpha value is -2.83. The predicted molar refractivity (Wildman–Crippen MR) is 107 cm³/mol. The summed E-state index contributed by atoms with van der Waals surface area (Å²) >= 11 is 0. The van der Waals surface area contributed by atoms with E-state index in [-0.39, 0.29) is 12.0 Å². The van der Waals surface area contributed by atoms with Gasteiger partial charge >= 0.3 is 6.09 Å². The number of ether oxygens (including phenoxy) is 2. The minimum absolute atomic E-state index is 0.0575. The number of rotatable bonds is 4. The van der Waals surface area contributed by atoms with E-state index in [9.17, 15) is 9.59 Å². The molecule has 0 N–H and O–H groups in total. The number of methoxy groups -OCH3 is 1. The minimum Gasteiger partial charge on any atom is -0.497 e. The fraction of sp³-hybridized carbons (Fsp3) is 0.476. The fourth-order valence-electron chi connectivity index (χ4n) is 3.18. The second kappa shape index (κ2) is 8.46. The topological polar surface area (TPSA) is 72.0 Å². The second-order valence-electron chi connectivity index (χ2n) is 7.43. The van der Waals surface area contributed by atoms with Gasteiger partial charge in [-0.1, -0.05) is 13.8 Å². The zero-order chi connectivity index (χ0) is 20.3. The largest absolute Gasteiger partial charge is 0.497 e. The van der Waals surface area contributed by atoms with Crippen LogP contribution in [0.1, 0.15) is 29.9 Å². The monoisotopic (exact) mass is 385 g/mol. The van der Waals surface area contributed by atoms with Crippen molar-refractivity contribution in [3.63, 3.8) is 0 Å². The number of carbonyl (C=O) groups is 2. The molecule has 7 heteroatoms. The van der Waals surface area contributed by atoms with Crippen LogP contribution in [0, 0.1) is 12.8 Å². The molecule has 2 amide bonds. The number of nitrogens with zero attached hydrogens (tertiary/aromatic N) is 3. The highest BCUT2D eigenvalue weighted by atomic mass is 16.6. The highest BCUT2D eigenvalue weighted by Crippen LogP contribution is 2.23. The molecule has 1 aliphatic rings. The summed E-state index contributed by atoms with van der Waals surface area (Å²) in [6.07, 6.45) is -0.307. The first-order valence-electron chi connectivity index (χ1n) is 9.55. The summed E-state index contributed by atoms with van der Waals surface area (Å²) in [6, 6.07) is 7.50. The molecular weight excluding hydrogens is 358 g/mol. The number of pyridine rings is 1. The number of carbonyl (C=O) groups excluding carboxylic acids is 2. The molecule has 1 fully saturated rings. The summed E-state index contributed by atoms with van der Waals surface area (Å²) in [5.74, 6) is 0.979. The predicted octanol–water partition coefficient (Wildman–Crippen LogP) is 3.10. The summed E-state index contributed by atoms with van der Waals surface area (Å²) < 4.78 is 10.5. The van der Waals surface area contributed by atoms with Gasteiger partial charge in [-0.3, -0.25) is 9.78 Å². The molecule has 1 aliphatic heterocycles. The summed E-state index contributed by atoms with van der Waals surface area (Å²) in [7, 11) is 1.62. The lowest BCUT2D eigenvalue weighted by Gasteiger charge is -2.34. The molecule has 2 heterocycles. The van der Waals surface area contributed by atoms with Gasteiger partial charge in [-0.2, -0.15) is 0 Å². The molecule has 0 radical (unpaired) electrons. The van der Waals surface area contributed by atoms with Gasteiger partial charge in [0.15, 0.2) is 0 Å². The van der Waals surface area contributed by atoms with Crippen molar-refractivity contribution in [2.24, 2.45) is 5.92 Å². The van der Waals surface area contributed by atoms with Crippen LogP contribution in [0.15, 0.2) is 24.3 Å². The molecule has 0 atom stereocenters. The van der Waals surface area contributed by atoms with Crippen LogP contribution in [-0.2, 0) is 4.74 Å². The van der Waals surface area contributed by atoms with Crippen molar-refractivity contribution in [1.29, 1.82) is 0 Å². The lowest BCUT2D eigenvalue weighted by Crippen LogP contribution is -2.51. The van der Waals surface area contributed by atoms with E-state index in [0.29, 0.717) is 50.0 Å². The molecule has 1 aromatic carbocycles. The van der Waals surface area contributed by atoms with Gasteiger partial charge in [0.1, 0.15) is 5.75 Å². The molecule has 1 aromatic heterocycles. The summed E-state index contributed by atoms with van der Waals surface area (Å²) in [6.45, 7) is 8.15. The van der Waals surface area contributed by atoms with Crippen molar-refractivity contribution in [2.45, 2.75) is 20.8 Å². The van der Waals surface area contributed by atoms with Gasteiger partial charge in [-0.25, -0.2) is 4.79 Å². The van der Waals surface area contributed by atoms with Crippen molar-refractivity contribution in [2.75, 3.05) is 39.9 Å². The molecule has 28 heavy (non-hydrogen) atoms. The Labute approximate surface area is 165 Å². The van der Waals surface area contributed by atoms with Gasteiger partial charge in [0.2, 0.25) is 0 Å². The number of benzene rings is 1. The lowest BCUT2D eigenvalue weighted by atomic mass is 10.1. The first-order valence-corrected chi connectivity index (χ1v) is 9.55. The molecule has 0 saturated carbocycles. The summed E-state index contributed by atoms with van der Waals surface area (Å²) in [5.41, 5.74) is 2.07. The highest BCUT2D eigenvalue weighted by molar-refractivity contribution is 5.99. The Balaban J connectivity index is 1.68. The van der Waals surface area contributed by atoms with Crippen molar-refractivity contribution < 1.29 is 19.1 Å². The van der Waals surface area contributed by atoms with Gasteiger partial charge in [-0.15, -0.1) is 0 Å². The Morgan fingerprint density at radius 3 is 2.43 bits per heavy atom. The Morgan fingerprint density at radius 2 is 1.79 bits per heavy atom. The molecule has 0 aliphatic carbocycles. The maximum atomic E-state index is 13.0. The Kier molecular flexibility index (Phi) is 6.02. The van der Waals surface area contributed by atoms with Crippen molar-refractivity contribution in [1.82, 2.24) is 14.8 Å². The third kappa shape index (κ3) is 4.35. The van der Waals surface area contributed by atoms with Crippen LogP contribution in [-0.4, -0.2) is 66.7 Å². The number of hydrogen-bond donors (Lipinski definition) is 0. The van der Waals surface area contributed by atoms with Crippen LogP contribution in [0.2, 0.25) is 0 Å². The number of aryl methyl sites for hydroxylation is 1. The van der Waals surface area contributed by atoms with E-state index >= 15 is 0 Å². The standard InChI is InChI=1S/C21H27N3O4/c1-14(2)13-28-21(26)24-9-7-23(8-10-24)20(25)18-11-16-5-6-17(27-4)12-19(16)22-15(18)3/h5-6,11-12,14H,7-10,13H2,1-4H3. The Bertz CT molecular complexity index is 873. The lowest BCUT2D eigenvalue weighted by molar-refractivity contribution is 0.0534. The number of fused-ring (bicyclic) bond motifs is 1. The maximum Gasteiger partial charge on any atom is 0.409 e. The highest BCUT2D eigenvalue weighted by Gasteiger charge is 2.27. The number of amides is 2. The zero-order valence-corrected chi connectivity index (χ0v) is 16.9. The number of piperazine rings is 1. The van der Waals surface area contributed by atoms with Gasteiger partial charge in [-0.05, 0) is 31.0 Å². The van der Waals surface area contributed by atoms with E-state index in [1.54, 1.807) is 16.9 Å². The van der Waals surface area contributed by atoms with E-state index in [4.69, 9.17) is 9.47 Å². The van der Waals surface area contributed by atoms with Gasteiger partial charge in [0, 0.05) is 37.6 Å². The average molecular weight is 385 g/mol. The molecule has 0 unspecified atom stereocenters. The maximum absolute atomic E-state index is 13.0. The van der Waals surface area contributed by atoms with Crippen LogP contribution in [0.4, 0.5) is 4.79 Å². The molecule has 3 rings (SSSR count). The van der Waals surface area contributed by atoms with Gasteiger partial charge in [0.25, 0.3) is 5.91 Å². The van der Waals surface area contributed by atoms with Gasteiger partial charge < -0.3 is 19.3 Å². The average Bonchev–Trinajstić information content (AvgIpc) is 2.70. The smallest absolute Gasteiger partial charge is 0.409 e. The third-order valence-corrected chi connectivity index (χ3v) is 4.81. The number of hydrogen-bond acceptors (Lipinski definition) is 5. The van der Waals surface area contributed by atoms with Crippen molar-refractivity contribution in [3.8, 4) is 5.75 Å². The molecule has 1 saturated heterocycles. The summed E-state index contributed by atoms with van der Waals surface area (Å²) in [5, 5.41) is 0.894. The zero-order valence-electron chi connectivity index (χ0n) is 16.9. The van der Waals surface area contributed by atoms with Crippen molar-refractivity contribution in [3.05, 3.63) is 35.5 Å². The SMILES string of the molecule is COc1ccc2cc(C(=O)N3CCN(C(=O)OCC(C)C)CC3)c(C)nc2c1. The van der Waals surface area contributed by atoms with Crippen LogP contribution < -0.4 is 4.74 Å². The molecule has 7 nitrogen and oxygen atoms in total. The first kappa shape index (κ1) is 19.9. The third-order valence-electron chi connectivity index (χ3n) is 4.81. The normalized spacial score (nSPS) is 14.5. The fourth-order valence-corrected chi connectivity index (χ4v) is 3.18. The molecule has 0 spiro atoms. The number of aromatic nitrogens is 1. The van der Waals surface area contributed by atoms with E-state index in [0.717, 1.165) is 16.7 Å². The van der Waals surface area contributed by atoms with Crippen LogP contribution >= 0.6 is 0 Å².